The van der Waals surface area contributed by atoms with Gasteiger partial charge in [-0.3, -0.25) is 4.79 Å². The number of hydrogen-bond donors (Lipinski definition) is 1. The molecule has 1 N–H and O–H groups in total. The van der Waals surface area contributed by atoms with Crippen LogP contribution in [0.4, 0.5) is 5.69 Å². The molecule has 1 aliphatic carbocycles. The van der Waals surface area contributed by atoms with Crippen molar-refractivity contribution in [3.05, 3.63) is 52.8 Å². The van der Waals surface area contributed by atoms with Crippen LogP contribution in [0.25, 0.3) is 0 Å². The molecule has 0 unspecified atom stereocenters. The van der Waals surface area contributed by atoms with E-state index in [-0.39, 0.29) is 12.3 Å². The van der Waals surface area contributed by atoms with E-state index in [1.54, 1.807) is 6.07 Å². The van der Waals surface area contributed by atoms with Crippen molar-refractivity contribution in [3.63, 3.8) is 0 Å². The number of nitrogens with zero attached hydrogens (tertiary/aromatic N) is 2. The molecule has 0 saturated heterocycles. The van der Waals surface area contributed by atoms with Crippen molar-refractivity contribution < 1.29 is 4.79 Å². The molecule has 0 bridgehead atoms. The van der Waals surface area contributed by atoms with E-state index in [1.165, 1.54) is 12.8 Å². The lowest BCUT2D eigenvalue weighted by atomic mass is 10.1. The van der Waals surface area contributed by atoms with Gasteiger partial charge in [0.15, 0.2) is 5.78 Å². The molecule has 1 saturated carbocycles. The fourth-order valence-electron chi connectivity index (χ4n) is 2.96. The smallest absolute Gasteiger partial charge is 0.183 e. The van der Waals surface area contributed by atoms with Crippen LogP contribution in [-0.4, -0.2) is 16.9 Å². The zero-order chi connectivity index (χ0) is 15.7. The number of aromatic nitrogens is 1. The van der Waals surface area contributed by atoms with Gasteiger partial charge in [-0.15, -0.1) is 0 Å². The highest BCUT2D eigenvalue weighted by Gasteiger charge is 2.28. The van der Waals surface area contributed by atoms with Gasteiger partial charge in [0.05, 0.1) is 17.8 Å². The van der Waals surface area contributed by atoms with E-state index in [1.807, 2.05) is 31.2 Å². The van der Waals surface area contributed by atoms with Crippen molar-refractivity contribution in [2.45, 2.75) is 32.7 Å². The van der Waals surface area contributed by atoms with Crippen LogP contribution in [0.2, 0.25) is 0 Å². The van der Waals surface area contributed by atoms with Gasteiger partial charge >= 0.3 is 0 Å². The van der Waals surface area contributed by atoms with Crippen LogP contribution in [0.5, 0.6) is 0 Å². The number of carbonyl (C=O) groups is 1. The predicted molar refractivity (Wildman–Crippen MR) is 86.2 cm³/mol. The van der Waals surface area contributed by atoms with Crippen LogP contribution in [0.3, 0.4) is 0 Å². The summed E-state index contributed by atoms with van der Waals surface area (Å²) in [5.74, 6) is 0.0627. The molecule has 1 fully saturated rings. The Morgan fingerprint density at radius 1 is 1.36 bits per heavy atom. The molecule has 3 rings (SSSR count). The second kappa shape index (κ2) is 5.69. The summed E-state index contributed by atoms with van der Waals surface area (Å²) in [5.41, 5.74) is 4.25. The molecule has 4 nitrogen and oxygen atoms in total. The summed E-state index contributed by atoms with van der Waals surface area (Å²) in [6.45, 7) is 4.27. The highest BCUT2D eigenvalue weighted by Crippen LogP contribution is 2.38. The van der Waals surface area contributed by atoms with Crippen molar-refractivity contribution in [2.75, 3.05) is 11.9 Å². The van der Waals surface area contributed by atoms with Gasteiger partial charge < -0.3 is 9.88 Å². The van der Waals surface area contributed by atoms with Gasteiger partial charge in [0, 0.05) is 23.0 Å². The number of nitriles is 1. The van der Waals surface area contributed by atoms with E-state index in [4.69, 9.17) is 5.26 Å². The second-order valence-electron chi connectivity index (χ2n) is 5.82. The van der Waals surface area contributed by atoms with E-state index in [2.05, 4.69) is 22.9 Å². The molecular weight excluding hydrogens is 274 g/mol. The van der Waals surface area contributed by atoms with Crippen molar-refractivity contribution >= 4 is 11.5 Å². The molecular formula is C18H19N3O. The van der Waals surface area contributed by atoms with E-state index in [0.717, 1.165) is 17.0 Å². The van der Waals surface area contributed by atoms with Crippen molar-refractivity contribution in [1.29, 1.82) is 5.26 Å². The highest BCUT2D eigenvalue weighted by molar-refractivity contribution is 6.00. The predicted octanol–water partition coefficient (Wildman–Crippen LogP) is 3.61. The van der Waals surface area contributed by atoms with Gasteiger partial charge in [-0.1, -0.05) is 12.1 Å². The average molecular weight is 293 g/mol. The number of rotatable bonds is 5. The topological polar surface area (TPSA) is 57.8 Å². The highest BCUT2D eigenvalue weighted by atomic mass is 16.1. The zero-order valence-electron chi connectivity index (χ0n) is 12.9. The zero-order valence-corrected chi connectivity index (χ0v) is 12.9. The first-order valence-corrected chi connectivity index (χ1v) is 7.56. The first-order chi connectivity index (χ1) is 10.6. The lowest BCUT2D eigenvalue weighted by Crippen LogP contribution is -2.15. The minimum absolute atomic E-state index is 0.0627. The number of Topliss-reactive ketones (excluding diaryl/α,β-unsaturated/α-hetero) is 1. The number of carbonyl (C=O) groups excluding carboxylic acids is 1. The van der Waals surface area contributed by atoms with Crippen LogP contribution in [-0.2, 0) is 0 Å². The van der Waals surface area contributed by atoms with Gasteiger partial charge in [0.1, 0.15) is 6.07 Å². The van der Waals surface area contributed by atoms with E-state index >= 15 is 0 Å². The average Bonchev–Trinajstić information content (AvgIpc) is 3.30. The Kier molecular flexibility index (Phi) is 3.72. The SMILES string of the molecule is Cc1cc(C(=O)CNc2ccccc2C#N)c(C)n1C1CC1. The Morgan fingerprint density at radius 3 is 2.77 bits per heavy atom. The summed E-state index contributed by atoms with van der Waals surface area (Å²) >= 11 is 0. The van der Waals surface area contributed by atoms with Crippen LogP contribution >= 0.6 is 0 Å². The Morgan fingerprint density at radius 2 is 2.09 bits per heavy atom. The monoisotopic (exact) mass is 293 g/mol. The molecule has 22 heavy (non-hydrogen) atoms. The maximum absolute atomic E-state index is 12.5. The number of hydrogen-bond acceptors (Lipinski definition) is 3. The van der Waals surface area contributed by atoms with Crippen LogP contribution in [0.1, 0.15) is 46.2 Å². The minimum atomic E-state index is 0.0627. The molecule has 1 aliphatic rings. The Labute approximate surface area is 130 Å². The normalized spacial score (nSPS) is 13.7. The van der Waals surface area contributed by atoms with Crippen LogP contribution < -0.4 is 5.32 Å². The van der Waals surface area contributed by atoms with E-state index in [9.17, 15) is 4.79 Å². The molecule has 0 atom stereocenters. The third-order valence-electron chi connectivity index (χ3n) is 4.18. The summed E-state index contributed by atoms with van der Waals surface area (Å²) in [4.78, 5) is 12.5. The van der Waals surface area contributed by atoms with Gasteiger partial charge in [0.25, 0.3) is 0 Å². The molecule has 0 spiro atoms. The van der Waals surface area contributed by atoms with E-state index < -0.39 is 0 Å². The third kappa shape index (κ3) is 2.62. The van der Waals surface area contributed by atoms with Gasteiger partial charge in [-0.25, -0.2) is 0 Å². The molecule has 4 heteroatoms. The number of aryl methyl sites for hydroxylation is 1. The number of para-hydroxylation sites is 1. The first-order valence-electron chi connectivity index (χ1n) is 7.56. The largest absolute Gasteiger partial charge is 0.377 e. The summed E-state index contributed by atoms with van der Waals surface area (Å²) in [5, 5.41) is 12.2. The quantitative estimate of drug-likeness (QED) is 0.857. The van der Waals surface area contributed by atoms with Crippen molar-refractivity contribution in [1.82, 2.24) is 4.57 Å². The molecule has 112 valence electrons. The number of ketones is 1. The minimum Gasteiger partial charge on any atom is -0.377 e. The fraction of sp³-hybridized carbons (Fsp3) is 0.333. The summed E-state index contributed by atoms with van der Waals surface area (Å²) in [6.07, 6.45) is 2.41. The Balaban J connectivity index is 1.75. The van der Waals surface area contributed by atoms with Gasteiger partial charge in [0.2, 0.25) is 0 Å². The molecule has 1 heterocycles. The molecule has 1 aromatic carbocycles. The first kappa shape index (κ1) is 14.4. The number of anilines is 1. The summed E-state index contributed by atoms with van der Waals surface area (Å²) < 4.78 is 2.27. The fourth-order valence-corrected chi connectivity index (χ4v) is 2.96. The maximum Gasteiger partial charge on any atom is 0.183 e. The molecule has 0 aliphatic heterocycles. The third-order valence-corrected chi connectivity index (χ3v) is 4.18. The van der Waals surface area contributed by atoms with Gasteiger partial charge in [-0.05, 0) is 44.9 Å². The molecule has 2 aromatic rings. The molecule has 0 amide bonds. The Hall–Kier alpha value is -2.54. The van der Waals surface area contributed by atoms with Crippen molar-refractivity contribution in [3.8, 4) is 6.07 Å². The van der Waals surface area contributed by atoms with Crippen LogP contribution in [0, 0.1) is 25.2 Å². The molecule has 0 radical (unpaired) electrons. The van der Waals surface area contributed by atoms with Crippen molar-refractivity contribution in [2.24, 2.45) is 0 Å². The number of nitrogens with one attached hydrogen (secondary N) is 1. The lowest BCUT2D eigenvalue weighted by Gasteiger charge is -2.09. The second-order valence-corrected chi connectivity index (χ2v) is 5.82. The van der Waals surface area contributed by atoms with Crippen LogP contribution in [0.15, 0.2) is 30.3 Å². The van der Waals surface area contributed by atoms with E-state index in [0.29, 0.717) is 17.3 Å². The van der Waals surface area contributed by atoms with Gasteiger partial charge in [-0.2, -0.15) is 5.26 Å². The number of benzene rings is 1. The summed E-state index contributed by atoms with van der Waals surface area (Å²) in [7, 11) is 0. The lowest BCUT2D eigenvalue weighted by molar-refractivity contribution is 0.101. The summed E-state index contributed by atoms with van der Waals surface area (Å²) in [6, 6.07) is 11.9. The standard InChI is InChI=1S/C18H19N3O/c1-12-9-16(13(2)21(12)15-7-8-15)18(22)11-20-17-6-4-3-5-14(17)10-19/h3-6,9,15,20H,7-8,11H2,1-2H3. The maximum atomic E-state index is 12.5. The molecule has 1 aromatic heterocycles. The Bertz CT molecular complexity index is 763.